The lowest BCUT2D eigenvalue weighted by Crippen LogP contribution is -2.48. The van der Waals surface area contributed by atoms with Crippen LogP contribution in [0.3, 0.4) is 0 Å². The second-order valence-corrected chi connectivity index (χ2v) is 5.39. The number of halogens is 3. The molecule has 0 aliphatic carbocycles. The van der Waals surface area contributed by atoms with E-state index in [1.807, 2.05) is 6.92 Å². The fourth-order valence-electron chi connectivity index (χ4n) is 2.58. The van der Waals surface area contributed by atoms with Gasteiger partial charge in [-0.25, -0.2) is 0 Å². The largest absolute Gasteiger partial charge is 0.416 e. The van der Waals surface area contributed by atoms with Crippen molar-refractivity contribution in [3.05, 3.63) is 35.4 Å². The molecule has 110 valence electrons. The molecule has 0 spiro atoms. The number of piperidine rings is 1. The van der Waals surface area contributed by atoms with Gasteiger partial charge in [-0.05, 0) is 30.5 Å². The van der Waals surface area contributed by atoms with Crippen LogP contribution >= 0.6 is 0 Å². The molecule has 1 saturated heterocycles. The van der Waals surface area contributed by atoms with Crippen LogP contribution in [0.25, 0.3) is 0 Å². The summed E-state index contributed by atoms with van der Waals surface area (Å²) in [5.41, 5.74) is 5.11. The SMILES string of the molecule is CC1CC(N)CN(C(=O)c2cccc(C(F)(F)F)c2)C1. The molecular weight excluding hydrogens is 269 g/mol. The van der Waals surface area contributed by atoms with Crippen LogP contribution in [-0.4, -0.2) is 29.9 Å². The minimum Gasteiger partial charge on any atom is -0.337 e. The molecule has 2 N–H and O–H groups in total. The first-order valence-electron chi connectivity index (χ1n) is 6.49. The zero-order valence-corrected chi connectivity index (χ0v) is 11.2. The van der Waals surface area contributed by atoms with Crippen LogP contribution in [0.5, 0.6) is 0 Å². The molecule has 1 amide bonds. The van der Waals surface area contributed by atoms with Crippen molar-refractivity contribution in [1.82, 2.24) is 4.90 Å². The number of benzene rings is 1. The van der Waals surface area contributed by atoms with Crippen LogP contribution in [0, 0.1) is 5.92 Å². The summed E-state index contributed by atoms with van der Waals surface area (Å²) < 4.78 is 38.0. The smallest absolute Gasteiger partial charge is 0.337 e. The molecule has 1 aromatic rings. The van der Waals surface area contributed by atoms with Gasteiger partial charge in [0.05, 0.1) is 5.56 Å². The number of rotatable bonds is 1. The third kappa shape index (κ3) is 3.30. The molecule has 0 saturated carbocycles. The number of nitrogens with two attached hydrogens (primary N) is 1. The van der Waals surface area contributed by atoms with Crippen LogP contribution in [0.4, 0.5) is 13.2 Å². The quantitative estimate of drug-likeness (QED) is 0.862. The Morgan fingerprint density at radius 3 is 2.65 bits per heavy atom. The summed E-state index contributed by atoms with van der Waals surface area (Å²) in [6.07, 6.45) is -3.62. The highest BCUT2D eigenvalue weighted by Gasteiger charge is 2.32. The van der Waals surface area contributed by atoms with Crippen LogP contribution in [0.15, 0.2) is 24.3 Å². The topological polar surface area (TPSA) is 46.3 Å². The molecule has 3 nitrogen and oxygen atoms in total. The lowest BCUT2D eigenvalue weighted by Gasteiger charge is -2.34. The Bertz CT molecular complexity index is 491. The lowest BCUT2D eigenvalue weighted by molar-refractivity contribution is -0.137. The second-order valence-electron chi connectivity index (χ2n) is 5.39. The average Bonchev–Trinajstić information content (AvgIpc) is 2.36. The van der Waals surface area contributed by atoms with Crippen LogP contribution < -0.4 is 5.73 Å². The number of hydrogen-bond donors (Lipinski definition) is 1. The molecule has 1 fully saturated rings. The Morgan fingerprint density at radius 2 is 2.05 bits per heavy atom. The second kappa shape index (κ2) is 5.44. The molecule has 1 aliphatic rings. The third-order valence-corrected chi connectivity index (χ3v) is 3.42. The van der Waals surface area contributed by atoms with E-state index in [0.717, 1.165) is 18.6 Å². The molecule has 2 rings (SSSR count). The maximum atomic E-state index is 12.7. The Balaban J connectivity index is 2.21. The highest BCUT2D eigenvalue weighted by atomic mass is 19.4. The first-order chi connectivity index (χ1) is 9.27. The van der Waals surface area contributed by atoms with Gasteiger partial charge in [0.25, 0.3) is 5.91 Å². The maximum absolute atomic E-state index is 12.7. The van der Waals surface area contributed by atoms with Gasteiger partial charge in [-0.1, -0.05) is 13.0 Å². The van der Waals surface area contributed by atoms with Gasteiger partial charge in [0.15, 0.2) is 0 Å². The summed E-state index contributed by atoms with van der Waals surface area (Å²) in [6.45, 7) is 2.90. The van der Waals surface area contributed by atoms with Crippen LogP contribution in [-0.2, 0) is 6.18 Å². The summed E-state index contributed by atoms with van der Waals surface area (Å²) in [7, 11) is 0. The first-order valence-corrected chi connectivity index (χ1v) is 6.49. The highest BCUT2D eigenvalue weighted by Crippen LogP contribution is 2.30. The fraction of sp³-hybridized carbons (Fsp3) is 0.500. The monoisotopic (exact) mass is 286 g/mol. The van der Waals surface area contributed by atoms with Gasteiger partial charge < -0.3 is 10.6 Å². The molecule has 2 unspecified atom stereocenters. The zero-order chi connectivity index (χ0) is 14.9. The van der Waals surface area contributed by atoms with Gasteiger partial charge in [-0.3, -0.25) is 4.79 Å². The molecule has 20 heavy (non-hydrogen) atoms. The third-order valence-electron chi connectivity index (χ3n) is 3.42. The molecule has 1 aliphatic heterocycles. The van der Waals surface area contributed by atoms with E-state index in [1.165, 1.54) is 17.0 Å². The van der Waals surface area contributed by atoms with Crippen molar-refractivity contribution in [2.75, 3.05) is 13.1 Å². The number of hydrogen-bond acceptors (Lipinski definition) is 2. The molecule has 0 bridgehead atoms. The Kier molecular flexibility index (Phi) is 4.04. The van der Waals surface area contributed by atoms with Crippen molar-refractivity contribution in [2.24, 2.45) is 11.7 Å². The van der Waals surface area contributed by atoms with Crippen molar-refractivity contribution in [2.45, 2.75) is 25.6 Å². The number of alkyl halides is 3. The minimum atomic E-state index is -4.44. The Labute approximate surface area is 115 Å². The number of nitrogens with zero attached hydrogens (tertiary/aromatic N) is 1. The van der Waals surface area contributed by atoms with Gasteiger partial charge in [0, 0.05) is 24.7 Å². The average molecular weight is 286 g/mol. The fourth-order valence-corrected chi connectivity index (χ4v) is 2.58. The lowest BCUT2D eigenvalue weighted by atomic mass is 9.96. The van der Waals surface area contributed by atoms with E-state index in [1.54, 1.807) is 0 Å². The van der Waals surface area contributed by atoms with Crippen LogP contribution in [0.2, 0.25) is 0 Å². The predicted molar refractivity (Wildman–Crippen MR) is 69.1 cm³/mol. The Hall–Kier alpha value is -1.56. The van der Waals surface area contributed by atoms with E-state index in [0.29, 0.717) is 13.1 Å². The predicted octanol–water partition coefficient (Wildman–Crippen LogP) is 2.51. The summed E-state index contributed by atoms with van der Waals surface area (Å²) in [5.74, 6) is -0.133. The first kappa shape index (κ1) is 14.8. The number of carbonyl (C=O) groups excluding carboxylic acids is 1. The van der Waals surface area contributed by atoms with E-state index in [9.17, 15) is 18.0 Å². The van der Waals surface area contributed by atoms with Crippen molar-refractivity contribution in [3.63, 3.8) is 0 Å². The van der Waals surface area contributed by atoms with Gasteiger partial charge >= 0.3 is 6.18 Å². The van der Waals surface area contributed by atoms with Crippen LogP contribution in [0.1, 0.15) is 29.3 Å². The van der Waals surface area contributed by atoms with Crippen molar-refractivity contribution in [1.29, 1.82) is 0 Å². The minimum absolute atomic E-state index is 0.0566. The number of carbonyl (C=O) groups is 1. The van der Waals surface area contributed by atoms with Gasteiger partial charge in [0.1, 0.15) is 0 Å². The molecule has 0 aromatic heterocycles. The van der Waals surface area contributed by atoms with Gasteiger partial charge in [-0.2, -0.15) is 13.2 Å². The van der Waals surface area contributed by atoms with Crippen molar-refractivity contribution in [3.8, 4) is 0 Å². The van der Waals surface area contributed by atoms with E-state index in [-0.39, 0.29) is 17.5 Å². The summed E-state index contributed by atoms with van der Waals surface area (Å²) in [4.78, 5) is 13.8. The maximum Gasteiger partial charge on any atom is 0.416 e. The van der Waals surface area contributed by atoms with Crippen molar-refractivity contribution < 1.29 is 18.0 Å². The Morgan fingerprint density at radius 1 is 1.35 bits per heavy atom. The molecule has 2 atom stereocenters. The molecular formula is C14H17F3N2O. The van der Waals surface area contributed by atoms with E-state index in [4.69, 9.17) is 5.73 Å². The van der Waals surface area contributed by atoms with Crippen molar-refractivity contribution >= 4 is 5.91 Å². The number of amides is 1. The summed E-state index contributed by atoms with van der Waals surface area (Å²) in [5, 5.41) is 0. The summed E-state index contributed by atoms with van der Waals surface area (Å²) >= 11 is 0. The molecule has 6 heteroatoms. The molecule has 1 aromatic carbocycles. The summed E-state index contributed by atoms with van der Waals surface area (Å²) in [6, 6.07) is 4.40. The number of likely N-dealkylation sites (tertiary alicyclic amines) is 1. The molecule has 1 heterocycles. The normalized spacial score (nSPS) is 23.8. The van der Waals surface area contributed by atoms with Gasteiger partial charge in [-0.15, -0.1) is 0 Å². The van der Waals surface area contributed by atoms with Gasteiger partial charge in [0.2, 0.25) is 0 Å². The zero-order valence-electron chi connectivity index (χ0n) is 11.2. The van der Waals surface area contributed by atoms with E-state index in [2.05, 4.69) is 0 Å². The van der Waals surface area contributed by atoms with E-state index < -0.39 is 17.6 Å². The van der Waals surface area contributed by atoms with E-state index >= 15 is 0 Å². The standard InChI is InChI=1S/C14H17F3N2O/c1-9-5-12(18)8-19(7-9)13(20)10-3-2-4-11(6-10)14(15,16)17/h2-4,6,9,12H,5,7-8,18H2,1H3. The molecule has 0 radical (unpaired) electrons. The highest BCUT2D eigenvalue weighted by molar-refractivity contribution is 5.94.